The number of carboxylic acid groups (broad SMARTS) is 1. The van der Waals surface area contributed by atoms with Gasteiger partial charge in [0.1, 0.15) is 17.0 Å². The summed E-state index contributed by atoms with van der Waals surface area (Å²) in [6, 6.07) is -0.962. The molecule has 3 heterocycles. The number of aliphatic carboxylic acids is 1. The van der Waals surface area contributed by atoms with E-state index in [1.54, 1.807) is 20.8 Å². The molecule has 2 saturated heterocycles. The Balaban J connectivity index is 2.07. The number of carboxylic acids is 1. The second-order valence-corrected chi connectivity index (χ2v) is 7.68. The Labute approximate surface area is 130 Å². The van der Waals surface area contributed by atoms with Gasteiger partial charge in [0, 0.05) is 4.75 Å². The Bertz CT molecular complexity index is 671. The molecule has 0 radical (unpaired) electrons. The van der Waals surface area contributed by atoms with Gasteiger partial charge in [-0.1, -0.05) is 0 Å². The quantitative estimate of drug-likeness (QED) is 0.594. The molecule has 3 atom stereocenters. The predicted octanol–water partition coefficient (Wildman–Crippen LogP) is 0.785. The highest BCUT2D eigenvalue weighted by atomic mass is 32.2. The fourth-order valence-electron chi connectivity index (χ4n) is 3.30. The van der Waals surface area contributed by atoms with Gasteiger partial charge in [-0.2, -0.15) is 10.2 Å². The van der Waals surface area contributed by atoms with E-state index in [0.717, 1.165) is 0 Å². The second kappa shape index (κ2) is 4.31. The molecular weight excluding hydrogens is 310 g/mol. The van der Waals surface area contributed by atoms with Crippen molar-refractivity contribution in [2.45, 2.75) is 42.5 Å². The van der Waals surface area contributed by atoms with Crippen molar-refractivity contribution in [2.24, 2.45) is 10.2 Å². The molecule has 1 unspecified atom stereocenters. The van der Waals surface area contributed by atoms with Gasteiger partial charge < -0.3 is 14.7 Å². The first kappa shape index (κ1) is 15.0. The first-order valence-corrected chi connectivity index (χ1v) is 7.52. The van der Waals surface area contributed by atoms with Crippen LogP contribution in [0.2, 0.25) is 0 Å². The zero-order valence-electron chi connectivity index (χ0n) is 12.5. The number of allylic oxidation sites excluding steroid dienone is 1. The zero-order chi connectivity index (χ0) is 16.4. The van der Waals surface area contributed by atoms with Gasteiger partial charge in [-0.05, 0) is 20.8 Å². The van der Waals surface area contributed by atoms with Crippen LogP contribution in [0, 0.1) is 0 Å². The largest absolute Gasteiger partial charge is 0.480 e. The maximum Gasteiger partial charge on any atom is 0.338 e. The molecular formula is C13H15N3O5S. The molecule has 3 rings (SSSR count). The minimum atomic E-state index is -1.44. The van der Waals surface area contributed by atoms with Gasteiger partial charge in [-0.15, -0.1) is 11.8 Å². The number of azo groups is 1. The summed E-state index contributed by atoms with van der Waals surface area (Å²) in [7, 11) is 1.22. The average Bonchev–Trinajstić information content (AvgIpc) is 2.92. The van der Waals surface area contributed by atoms with E-state index < -0.39 is 39.5 Å². The molecule has 1 amide bonds. The number of amides is 1. The third-order valence-corrected chi connectivity index (χ3v) is 5.87. The molecule has 0 aliphatic carbocycles. The first-order valence-electron chi connectivity index (χ1n) is 6.64. The fraction of sp³-hybridized carbons (Fsp3) is 0.615. The lowest BCUT2D eigenvalue weighted by molar-refractivity contribution is -0.164. The lowest BCUT2D eigenvalue weighted by Crippen LogP contribution is -2.73. The average molecular weight is 325 g/mol. The van der Waals surface area contributed by atoms with E-state index >= 15 is 0 Å². The minimum absolute atomic E-state index is 0.107. The maximum atomic E-state index is 12.7. The van der Waals surface area contributed by atoms with E-state index in [2.05, 4.69) is 10.2 Å². The number of hydrogen-bond acceptors (Lipinski definition) is 7. The second-order valence-electron chi connectivity index (χ2n) is 5.95. The molecule has 3 aliphatic rings. The van der Waals surface area contributed by atoms with E-state index in [1.165, 1.54) is 23.8 Å². The highest BCUT2D eigenvalue weighted by Gasteiger charge is 2.76. The van der Waals surface area contributed by atoms with Gasteiger partial charge in [-0.3, -0.25) is 4.79 Å². The number of esters is 1. The van der Waals surface area contributed by atoms with Crippen LogP contribution < -0.4 is 0 Å². The van der Waals surface area contributed by atoms with E-state index in [1.807, 2.05) is 0 Å². The monoisotopic (exact) mass is 325 g/mol. The van der Waals surface area contributed by atoms with Crippen molar-refractivity contribution in [2.75, 3.05) is 7.11 Å². The topological polar surface area (TPSA) is 109 Å². The number of carbonyl (C=O) groups excluding carboxylic acids is 2. The van der Waals surface area contributed by atoms with Gasteiger partial charge in [0.05, 0.1) is 12.8 Å². The van der Waals surface area contributed by atoms with E-state index in [4.69, 9.17) is 4.74 Å². The molecule has 1 spiro atoms. The van der Waals surface area contributed by atoms with Gasteiger partial charge in [0.2, 0.25) is 5.54 Å². The van der Waals surface area contributed by atoms with Crippen molar-refractivity contribution in [1.82, 2.24) is 4.90 Å². The number of thioether (sulfide) groups is 1. The Morgan fingerprint density at radius 3 is 2.59 bits per heavy atom. The van der Waals surface area contributed by atoms with Gasteiger partial charge in [0.25, 0.3) is 5.91 Å². The molecule has 0 saturated carbocycles. The zero-order valence-corrected chi connectivity index (χ0v) is 13.3. The molecule has 0 aromatic heterocycles. The lowest BCUT2D eigenvalue weighted by atomic mass is 9.79. The van der Waals surface area contributed by atoms with Crippen LogP contribution in [0.4, 0.5) is 0 Å². The molecule has 3 aliphatic heterocycles. The summed E-state index contributed by atoms with van der Waals surface area (Å²) >= 11 is 1.32. The summed E-state index contributed by atoms with van der Waals surface area (Å²) in [4.78, 5) is 37.6. The van der Waals surface area contributed by atoms with Crippen LogP contribution in [-0.4, -0.2) is 56.7 Å². The Hall–Kier alpha value is -1.90. The minimum Gasteiger partial charge on any atom is -0.480 e. The van der Waals surface area contributed by atoms with E-state index in [-0.39, 0.29) is 5.57 Å². The Morgan fingerprint density at radius 1 is 1.41 bits per heavy atom. The molecule has 2 fully saturated rings. The molecule has 0 bridgehead atoms. The van der Waals surface area contributed by atoms with Crippen LogP contribution in [0.1, 0.15) is 20.8 Å². The number of nitrogens with zero attached hydrogens (tertiary/aromatic N) is 3. The van der Waals surface area contributed by atoms with Crippen LogP contribution in [-0.2, 0) is 19.1 Å². The highest BCUT2D eigenvalue weighted by Crippen LogP contribution is 2.60. The van der Waals surface area contributed by atoms with Crippen LogP contribution in [0.3, 0.4) is 0 Å². The maximum absolute atomic E-state index is 12.7. The van der Waals surface area contributed by atoms with E-state index in [0.29, 0.717) is 5.70 Å². The third-order valence-electron chi connectivity index (χ3n) is 4.25. The Morgan fingerprint density at radius 2 is 2.05 bits per heavy atom. The number of fused-ring (bicyclic) bond motifs is 2. The van der Waals surface area contributed by atoms with Crippen LogP contribution >= 0.6 is 11.8 Å². The number of rotatable bonds is 2. The number of ether oxygens (including phenoxy) is 1. The normalized spacial score (nSPS) is 34.9. The van der Waals surface area contributed by atoms with Crippen molar-refractivity contribution >= 4 is 29.6 Å². The fourth-order valence-corrected chi connectivity index (χ4v) is 4.99. The van der Waals surface area contributed by atoms with Crippen molar-refractivity contribution in [3.63, 3.8) is 0 Å². The van der Waals surface area contributed by atoms with Gasteiger partial charge in [0.15, 0.2) is 0 Å². The van der Waals surface area contributed by atoms with Crippen LogP contribution in [0.5, 0.6) is 0 Å². The summed E-state index contributed by atoms with van der Waals surface area (Å²) in [6.07, 6.45) is 0. The third kappa shape index (κ3) is 1.52. The summed E-state index contributed by atoms with van der Waals surface area (Å²) in [5.41, 5.74) is -1.00. The van der Waals surface area contributed by atoms with Crippen LogP contribution in [0.15, 0.2) is 21.5 Å². The lowest BCUT2D eigenvalue weighted by Gasteiger charge is -2.48. The van der Waals surface area contributed by atoms with Crippen molar-refractivity contribution in [3.8, 4) is 0 Å². The smallest absolute Gasteiger partial charge is 0.338 e. The van der Waals surface area contributed by atoms with E-state index in [9.17, 15) is 19.5 Å². The number of methoxy groups -OCH3 is 1. The highest BCUT2D eigenvalue weighted by molar-refractivity contribution is 8.01. The molecule has 0 aromatic rings. The standard InChI is InChI=1S/C13H15N3O5S/c1-5-6(9(19)21-4)13(15-14-5)10(20)16-7(8(17)18)12(2,3)22-11(13)16/h7,11H,1-4H3,(H,17,18)/t7-,11+,13?/m0/s1. The van der Waals surface area contributed by atoms with Crippen LogP contribution in [0.25, 0.3) is 0 Å². The predicted molar refractivity (Wildman–Crippen MR) is 76.0 cm³/mol. The molecule has 22 heavy (non-hydrogen) atoms. The van der Waals surface area contributed by atoms with Crippen molar-refractivity contribution in [1.29, 1.82) is 0 Å². The SMILES string of the molecule is COC(=O)C1=C(C)N=NC12C(=O)N1[C@@H](C(=O)O)C(C)(C)S[C@@H]12. The van der Waals surface area contributed by atoms with Gasteiger partial charge >= 0.3 is 11.9 Å². The molecule has 9 heteroatoms. The Kier molecular flexibility index (Phi) is 2.94. The van der Waals surface area contributed by atoms with Crippen molar-refractivity contribution in [3.05, 3.63) is 11.3 Å². The number of β-lactam (4-membered cyclic amide) rings is 1. The first-order chi connectivity index (χ1) is 10.2. The summed E-state index contributed by atoms with van der Waals surface area (Å²) in [6.45, 7) is 5.10. The molecule has 0 aromatic carbocycles. The summed E-state index contributed by atoms with van der Waals surface area (Å²) in [5, 5.41) is 16.8. The summed E-state index contributed by atoms with van der Waals surface area (Å²) in [5.74, 6) is -2.24. The number of hydrogen-bond donors (Lipinski definition) is 1. The van der Waals surface area contributed by atoms with Gasteiger partial charge in [-0.25, -0.2) is 9.59 Å². The molecule has 8 nitrogen and oxygen atoms in total. The molecule has 118 valence electrons. The summed E-state index contributed by atoms with van der Waals surface area (Å²) < 4.78 is 4.05. The molecule has 1 N–H and O–H groups in total. The number of carbonyl (C=O) groups is 3. The van der Waals surface area contributed by atoms with Crippen molar-refractivity contribution < 1.29 is 24.2 Å².